The minimum Gasteiger partial charge on any atom is -0.463 e. The average Bonchev–Trinajstić information content (AvgIpc) is 2.64. The minimum atomic E-state index is 0.113. The fraction of sp³-hybridized carbons (Fsp3) is 0.765. The summed E-state index contributed by atoms with van der Waals surface area (Å²) in [5, 5.41) is 3.48. The second-order valence-corrected chi connectivity index (χ2v) is 7.32. The Balaban J connectivity index is 2.65. The molecule has 0 fully saturated rings. The topological polar surface area (TPSA) is 28.4 Å². The number of furan rings is 1. The van der Waals surface area contributed by atoms with Gasteiger partial charge in [-0.25, -0.2) is 0 Å². The van der Waals surface area contributed by atoms with Gasteiger partial charge < -0.3 is 9.73 Å². The van der Waals surface area contributed by atoms with Gasteiger partial charge in [-0.1, -0.05) is 13.8 Å². The Morgan fingerprint density at radius 2 is 1.85 bits per heavy atom. The van der Waals surface area contributed by atoms with Crippen LogP contribution in [0, 0.1) is 12.8 Å². The van der Waals surface area contributed by atoms with E-state index in [2.05, 4.69) is 71.8 Å². The molecule has 0 aliphatic heterocycles. The highest BCUT2D eigenvalue weighted by atomic mass is 16.3. The molecule has 1 unspecified atom stereocenters. The molecule has 3 nitrogen and oxygen atoms in total. The van der Waals surface area contributed by atoms with Crippen LogP contribution in [0.1, 0.15) is 58.6 Å². The zero-order valence-corrected chi connectivity index (χ0v) is 14.5. The normalized spacial score (nSPS) is 14.3. The standard InChI is InChI=1S/C17H32N2O/c1-12(2)14(4)19(8)11-15-9-13(3)16(20-15)10-18-17(5,6)7/h9,12,14,18H,10-11H2,1-8H3. The van der Waals surface area contributed by atoms with Crippen LogP contribution in [0.15, 0.2) is 10.5 Å². The molecule has 0 aliphatic rings. The second kappa shape index (κ2) is 6.77. The lowest BCUT2D eigenvalue weighted by molar-refractivity contribution is 0.185. The monoisotopic (exact) mass is 280 g/mol. The molecule has 1 atom stereocenters. The average molecular weight is 280 g/mol. The van der Waals surface area contributed by atoms with Crippen molar-refractivity contribution < 1.29 is 4.42 Å². The van der Waals surface area contributed by atoms with Crippen LogP contribution in [0.5, 0.6) is 0 Å². The van der Waals surface area contributed by atoms with Gasteiger partial charge in [0.25, 0.3) is 0 Å². The van der Waals surface area contributed by atoms with Gasteiger partial charge in [0.15, 0.2) is 0 Å². The molecule has 1 rings (SSSR count). The number of aryl methyl sites for hydroxylation is 1. The summed E-state index contributed by atoms with van der Waals surface area (Å²) >= 11 is 0. The zero-order valence-electron chi connectivity index (χ0n) is 14.5. The third kappa shape index (κ3) is 5.29. The predicted molar refractivity (Wildman–Crippen MR) is 85.8 cm³/mol. The fourth-order valence-corrected chi connectivity index (χ4v) is 2.09. The molecule has 0 saturated carbocycles. The van der Waals surface area contributed by atoms with Gasteiger partial charge in [0.05, 0.1) is 13.1 Å². The van der Waals surface area contributed by atoms with E-state index in [0.717, 1.165) is 24.6 Å². The molecule has 1 aromatic heterocycles. The third-order valence-corrected chi connectivity index (χ3v) is 3.92. The first-order chi connectivity index (χ1) is 9.10. The molecule has 0 amide bonds. The summed E-state index contributed by atoms with van der Waals surface area (Å²) in [6.45, 7) is 17.1. The third-order valence-electron chi connectivity index (χ3n) is 3.92. The quantitative estimate of drug-likeness (QED) is 0.855. The smallest absolute Gasteiger partial charge is 0.120 e. The summed E-state index contributed by atoms with van der Waals surface area (Å²) in [4.78, 5) is 2.35. The van der Waals surface area contributed by atoms with Gasteiger partial charge in [0, 0.05) is 11.6 Å². The summed E-state index contributed by atoms with van der Waals surface area (Å²) in [7, 11) is 2.16. The van der Waals surface area contributed by atoms with Gasteiger partial charge in [0.1, 0.15) is 11.5 Å². The molecular weight excluding hydrogens is 248 g/mol. The lowest BCUT2D eigenvalue weighted by Crippen LogP contribution is -2.35. The number of nitrogens with zero attached hydrogens (tertiary/aromatic N) is 1. The molecule has 20 heavy (non-hydrogen) atoms. The van der Waals surface area contributed by atoms with Crippen LogP contribution >= 0.6 is 0 Å². The van der Waals surface area contributed by atoms with Crippen LogP contribution in [-0.2, 0) is 13.1 Å². The van der Waals surface area contributed by atoms with Crippen molar-refractivity contribution in [3.05, 3.63) is 23.2 Å². The van der Waals surface area contributed by atoms with Gasteiger partial charge in [-0.2, -0.15) is 0 Å². The maximum atomic E-state index is 6.01. The van der Waals surface area contributed by atoms with E-state index < -0.39 is 0 Å². The van der Waals surface area contributed by atoms with Gasteiger partial charge >= 0.3 is 0 Å². The van der Waals surface area contributed by atoms with Gasteiger partial charge in [0.2, 0.25) is 0 Å². The van der Waals surface area contributed by atoms with Crippen molar-refractivity contribution >= 4 is 0 Å². The van der Waals surface area contributed by atoms with Crippen molar-refractivity contribution in [2.75, 3.05) is 7.05 Å². The largest absolute Gasteiger partial charge is 0.463 e. The molecule has 3 heteroatoms. The molecule has 0 spiro atoms. The Morgan fingerprint density at radius 3 is 2.35 bits per heavy atom. The molecular formula is C17H32N2O. The molecule has 0 radical (unpaired) electrons. The summed E-state index contributed by atoms with van der Waals surface area (Å²) in [5.74, 6) is 2.77. The van der Waals surface area contributed by atoms with Crippen LogP contribution in [0.4, 0.5) is 0 Å². The Hall–Kier alpha value is -0.800. The number of hydrogen-bond acceptors (Lipinski definition) is 3. The molecule has 1 aromatic rings. The van der Waals surface area contributed by atoms with E-state index in [1.807, 2.05) is 0 Å². The first kappa shape index (κ1) is 17.3. The van der Waals surface area contributed by atoms with Crippen molar-refractivity contribution in [1.82, 2.24) is 10.2 Å². The van der Waals surface area contributed by atoms with Gasteiger partial charge in [-0.3, -0.25) is 4.90 Å². The Bertz CT molecular complexity index is 415. The van der Waals surface area contributed by atoms with Crippen molar-refractivity contribution in [2.24, 2.45) is 5.92 Å². The van der Waals surface area contributed by atoms with Crippen LogP contribution in [-0.4, -0.2) is 23.5 Å². The maximum absolute atomic E-state index is 6.01. The van der Waals surface area contributed by atoms with Crippen molar-refractivity contribution in [1.29, 1.82) is 0 Å². The Morgan fingerprint density at radius 1 is 1.25 bits per heavy atom. The van der Waals surface area contributed by atoms with Crippen LogP contribution in [0.2, 0.25) is 0 Å². The van der Waals surface area contributed by atoms with E-state index in [1.165, 1.54) is 5.56 Å². The summed E-state index contributed by atoms with van der Waals surface area (Å²) in [6.07, 6.45) is 0. The van der Waals surface area contributed by atoms with E-state index in [0.29, 0.717) is 12.0 Å². The minimum absolute atomic E-state index is 0.113. The first-order valence-corrected chi connectivity index (χ1v) is 7.63. The van der Waals surface area contributed by atoms with E-state index in [9.17, 15) is 0 Å². The van der Waals surface area contributed by atoms with Crippen LogP contribution in [0.25, 0.3) is 0 Å². The van der Waals surface area contributed by atoms with Crippen LogP contribution in [0.3, 0.4) is 0 Å². The summed E-state index contributed by atoms with van der Waals surface area (Å²) in [6, 6.07) is 2.72. The van der Waals surface area contributed by atoms with E-state index in [1.54, 1.807) is 0 Å². The Kier molecular flexibility index (Phi) is 5.84. The molecule has 0 aliphatic carbocycles. The predicted octanol–water partition coefficient (Wildman–Crippen LogP) is 3.95. The Labute approximate surface area is 124 Å². The van der Waals surface area contributed by atoms with Crippen molar-refractivity contribution in [3.63, 3.8) is 0 Å². The number of rotatable bonds is 6. The summed E-state index contributed by atoms with van der Waals surface area (Å²) in [5.41, 5.74) is 1.35. The highest BCUT2D eigenvalue weighted by molar-refractivity contribution is 5.20. The fourth-order valence-electron chi connectivity index (χ4n) is 2.09. The van der Waals surface area contributed by atoms with Gasteiger partial charge in [-0.15, -0.1) is 0 Å². The molecule has 1 N–H and O–H groups in total. The molecule has 1 heterocycles. The van der Waals surface area contributed by atoms with E-state index >= 15 is 0 Å². The molecule has 0 aromatic carbocycles. The lowest BCUT2D eigenvalue weighted by Gasteiger charge is -2.26. The first-order valence-electron chi connectivity index (χ1n) is 7.63. The maximum Gasteiger partial charge on any atom is 0.120 e. The molecule has 0 bridgehead atoms. The van der Waals surface area contributed by atoms with E-state index in [-0.39, 0.29) is 5.54 Å². The SMILES string of the molecule is Cc1cc(CN(C)C(C)C(C)C)oc1CNC(C)(C)C. The van der Waals surface area contributed by atoms with Crippen molar-refractivity contribution in [2.45, 2.75) is 73.1 Å². The highest BCUT2D eigenvalue weighted by Gasteiger charge is 2.17. The highest BCUT2D eigenvalue weighted by Crippen LogP contribution is 2.19. The summed E-state index contributed by atoms with van der Waals surface area (Å²) < 4.78 is 6.01. The number of hydrogen-bond donors (Lipinski definition) is 1. The van der Waals surface area contributed by atoms with Crippen LogP contribution < -0.4 is 5.32 Å². The lowest BCUT2D eigenvalue weighted by atomic mass is 10.1. The zero-order chi connectivity index (χ0) is 15.5. The molecule has 116 valence electrons. The second-order valence-electron chi connectivity index (χ2n) is 7.32. The molecule has 0 saturated heterocycles. The van der Waals surface area contributed by atoms with E-state index in [4.69, 9.17) is 4.42 Å². The van der Waals surface area contributed by atoms with Crippen molar-refractivity contribution in [3.8, 4) is 0 Å². The number of nitrogens with one attached hydrogen (secondary N) is 1. The van der Waals surface area contributed by atoms with Gasteiger partial charge in [-0.05, 0) is 59.2 Å².